The standard InChI is InChI=1S/C102H65BN2S2/c1-8-26-66(27-9-1)69-44-46-70(47-45-69)81-62-94-100-95(63-81)105(102-88(73-36-18-6-19-37-73)58-80(59-89(102)74-38-20-7-21-39-74)78-49-53-85-83-41-23-25-43-97(83)107-99(85)65-78)93-55-51-76(68-30-12-3-13-31-68)61-91(93)103(100)90-60-75(67-28-10-2-11-29-67)50-54-92(90)104(94)101-86(71-32-14-4-15-33-71)56-79(57-87(101)72-34-16-5-17-35-72)77-48-52-84-82-40-22-24-42-96(82)106-98(84)64-77/h1-65H. The van der Waals surface area contributed by atoms with Crippen molar-refractivity contribution in [2.75, 3.05) is 9.80 Å². The van der Waals surface area contributed by atoms with Gasteiger partial charge >= 0.3 is 0 Å². The van der Waals surface area contributed by atoms with E-state index in [0.717, 1.165) is 112 Å². The van der Waals surface area contributed by atoms with Crippen LogP contribution in [0.25, 0.3) is 152 Å². The van der Waals surface area contributed by atoms with Crippen LogP contribution >= 0.6 is 22.7 Å². The van der Waals surface area contributed by atoms with E-state index in [1.54, 1.807) is 0 Å². The van der Waals surface area contributed by atoms with Crippen molar-refractivity contribution in [1.29, 1.82) is 0 Å². The summed E-state index contributed by atoms with van der Waals surface area (Å²) in [5.41, 5.74) is 33.2. The maximum Gasteiger partial charge on any atom is 0.252 e. The number of thiophene rings is 2. The fourth-order valence-corrected chi connectivity index (χ4v) is 19.3. The summed E-state index contributed by atoms with van der Waals surface area (Å²) in [5, 5.41) is 5.15. The number of anilines is 6. The van der Waals surface area contributed by atoms with Crippen LogP contribution in [0.5, 0.6) is 0 Å². The number of hydrogen-bond donors (Lipinski definition) is 0. The third kappa shape index (κ3) is 10.8. The molecule has 0 amide bonds. The molecule has 2 aromatic heterocycles. The van der Waals surface area contributed by atoms with Crippen LogP contribution in [0.15, 0.2) is 394 Å². The molecule has 0 aliphatic carbocycles. The Morgan fingerprint density at radius 3 is 0.804 bits per heavy atom. The molecule has 21 rings (SSSR count). The van der Waals surface area contributed by atoms with Crippen LogP contribution in [-0.2, 0) is 0 Å². The molecular weight excluding hydrogens is 1330 g/mol. The molecule has 0 atom stereocenters. The van der Waals surface area contributed by atoms with Crippen molar-refractivity contribution in [2.45, 2.75) is 0 Å². The van der Waals surface area contributed by atoms with Gasteiger partial charge in [-0.05, 0) is 178 Å². The zero-order chi connectivity index (χ0) is 70.5. The molecular formula is C102H65BN2S2. The number of benzene rings is 17. The van der Waals surface area contributed by atoms with Crippen molar-refractivity contribution in [1.82, 2.24) is 0 Å². The average Bonchev–Trinajstić information content (AvgIpc) is 1.68. The second-order valence-electron chi connectivity index (χ2n) is 28.2. The van der Waals surface area contributed by atoms with Gasteiger partial charge < -0.3 is 9.80 Å². The van der Waals surface area contributed by atoms with E-state index in [0.29, 0.717) is 0 Å². The Bertz CT molecular complexity index is 6170. The third-order valence-corrected chi connectivity index (χ3v) is 24.3. The van der Waals surface area contributed by atoms with Gasteiger partial charge in [-0.15, -0.1) is 22.7 Å². The predicted molar refractivity (Wildman–Crippen MR) is 461 cm³/mol. The second-order valence-corrected chi connectivity index (χ2v) is 30.3. The van der Waals surface area contributed by atoms with E-state index in [2.05, 4.69) is 404 Å². The lowest BCUT2D eigenvalue weighted by atomic mass is 9.33. The maximum atomic E-state index is 2.69. The SMILES string of the molecule is c1ccc(-c2ccc(-c3cc4c5c(c3)N(c3c(-c6ccccc6)cc(-c6ccc7c(c6)sc6ccccc67)cc3-c3ccccc3)c3ccc(-c6ccccc6)cc3B5c3cc(-c5ccccc5)ccc3N4c3c(-c4ccccc4)cc(-c4ccc5c(c4)sc4ccccc45)cc3-c3ccccc3)cc2)cc1. The zero-order valence-corrected chi connectivity index (χ0v) is 59.9. The van der Waals surface area contributed by atoms with Crippen molar-refractivity contribution < 1.29 is 0 Å². The molecule has 2 aliphatic heterocycles. The van der Waals surface area contributed by atoms with Gasteiger partial charge in [0.15, 0.2) is 0 Å². The van der Waals surface area contributed by atoms with Crippen LogP contribution in [0.4, 0.5) is 34.1 Å². The highest BCUT2D eigenvalue weighted by Crippen LogP contribution is 2.56. The molecule has 498 valence electrons. The van der Waals surface area contributed by atoms with Crippen LogP contribution in [0, 0.1) is 0 Å². The van der Waals surface area contributed by atoms with Crippen LogP contribution in [0.3, 0.4) is 0 Å². The van der Waals surface area contributed by atoms with E-state index in [1.165, 1.54) is 90.1 Å². The Kier molecular flexibility index (Phi) is 15.1. The minimum absolute atomic E-state index is 0.264. The first-order valence-electron chi connectivity index (χ1n) is 36.8. The molecule has 0 radical (unpaired) electrons. The summed E-state index contributed by atoms with van der Waals surface area (Å²) in [7, 11) is 0. The first-order chi connectivity index (χ1) is 53.0. The molecule has 0 unspecified atom stereocenters. The molecule has 0 saturated carbocycles. The molecule has 5 heteroatoms. The van der Waals surface area contributed by atoms with Crippen LogP contribution in [0.1, 0.15) is 0 Å². The van der Waals surface area contributed by atoms with Crippen LogP contribution in [0.2, 0.25) is 0 Å². The largest absolute Gasteiger partial charge is 0.310 e. The van der Waals surface area contributed by atoms with E-state index in [9.17, 15) is 0 Å². The zero-order valence-electron chi connectivity index (χ0n) is 58.3. The number of hydrogen-bond acceptors (Lipinski definition) is 4. The smallest absolute Gasteiger partial charge is 0.252 e. The predicted octanol–water partition coefficient (Wildman–Crippen LogP) is 27.2. The van der Waals surface area contributed by atoms with Gasteiger partial charge in [-0.2, -0.15) is 0 Å². The van der Waals surface area contributed by atoms with E-state index >= 15 is 0 Å². The lowest BCUT2D eigenvalue weighted by molar-refractivity contribution is 1.25. The van der Waals surface area contributed by atoms with Gasteiger partial charge in [-0.1, -0.05) is 322 Å². The highest BCUT2D eigenvalue weighted by Gasteiger charge is 2.46. The Hall–Kier alpha value is -13.2. The van der Waals surface area contributed by atoms with Gasteiger partial charge in [0.2, 0.25) is 0 Å². The molecule has 2 nitrogen and oxygen atoms in total. The number of nitrogens with zero attached hydrogens (tertiary/aromatic N) is 2. The summed E-state index contributed by atoms with van der Waals surface area (Å²) in [4.78, 5) is 5.39. The van der Waals surface area contributed by atoms with Crippen LogP contribution < -0.4 is 26.2 Å². The van der Waals surface area contributed by atoms with Gasteiger partial charge in [0, 0.05) is 85.3 Å². The normalized spacial score (nSPS) is 12.2. The second kappa shape index (κ2) is 25.9. The van der Waals surface area contributed by atoms with Crippen molar-refractivity contribution in [2.24, 2.45) is 0 Å². The molecule has 0 saturated heterocycles. The minimum Gasteiger partial charge on any atom is -0.310 e. The Morgan fingerprint density at radius 2 is 0.439 bits per heavy atom. The molecule has 4 heterocycles. The first-order valence-corrected chi connectivity index (χ1v) is 38.4. The van der Waals surface area contributed by atoms with Gasteiger partial charge in [0.05, 0.1) is 11.4 Å². The van der Waals surface area contributed by atoms with Gasteiger partial charge in [0.1, 0.15) is 0 Å². The topological polar surface area (TPSA) is 6.48 Å². The molecule has 0 spiro atoms. The highest BCUT2D eigenvalue weighted by atomic mass is 32.1. The average molecular weight is 1390 g/mol. The molecule has 107 heavy (non-hydrogen) atoms. The Balaban J connectivity index is 0.909. The Morgan fingerprint density at radius 1 is 0.178 bits per heavy atom. The fourth-order valence-electron chi connectivity index (χ4n) is 17.0. The fraction of sp³-hybridized carbons (Fsp3) is 0. The van der Waals surface area contributed by atoms with Crippen LogP contribution in [-0.4, -0.2) is 6.71 Å². The summed E-state index contributed by atoms with van der Waals surface area (Å²) in [6, 6.07) is 148. The van der Waals surface area contributed by atoms with Gasteiger partial charge in [0.25, 0.3) is 6.71 Å². The monoisotopic (exact) mass is 1390 g/mol. The van der Waals surface area contributed by atoms with Crippen molar-refractivity contribution in [3.8, 4) is 111 Å². The molecule has 0 N–H and O–H groups in total. The summed E-state index contributed by atoms with van der Waals surface area (Å²) >= 11 is 3.74. The molecule has 19 aromatic rings. The first kappa shape index (κ1) is 62.4. The van der Waals surface area contributed by atoms with E-state index < -0.39 is 0 Å². The maximum absolute atomic E-state index is 2.69. The van der Waals surface area contributed by atoms with E-state index in [4.69, 9.17) is 0 Å². The van der Waals surface area contributed by atoms with Crippen molar-refractivity contribution in [3.05, 3.63) is 394 Å². The molecule has 17 aromatic carbocycles. The summed E-state index contributed by atoms with van der Waals surface area (Å²) in [6.45, 7) is -0.264. The lowest BCUT2D eigenvalue weighted by Crippen LogP contribution is -2.61. The van der Waals surface area contributed by atoms with Crippen molar-refractivity contribution >= 4 is 120 Å². The molecule has 0 fully saturated rings. The summed E-state index contributed by atoms with van der Waals surface area (Å²) in [5.74, 6) is 0. The quantitative estimate of drug-likeness (QED) is 0.113. The molecule has 2 aliphatic rings. The minimum atomic E-state index is -0.264. The third-order valence-electron chi connectivity index (χ3n) is 22.0. The van der Waals surface area contributed by atoms with Gasteiger partial charge in [-0.3, -0.25) is 0 Å². The highest BCUT2D eigenvalue weighted by molar-refractivity contribution is 7.26. The summed E-state index contributed by atoms with van der Waals surface area (Å²) < 4.78 is 5.14. The van der Waals surface area contributed by atoms with Crippen molar-refractivity contribution in [3.63, 3.8) is 0 Å². The number of rotatable bonds is 12. The Labute approximate surface area is 631 Å². The van der Waals surface area contributed by atoms with E-state index in [1.807, 2.05) is 22.7 Å². The summed E-state index contributed by atoms with van der Waals surface area (Å²) in [6.07, 6.45) is 0. The molecule has 0 bridgehead atoms. The number of fused-ring (bicyclic) bond motifs is 10. The lowest BCUT2D eigenvalue weighted by Gasteiger charge is -2.46. The van der Waals surface area contributed by atoms with E-state index in [-0.39, 0.29) is 6.71 Å². The van der Waals surface area contributed by atoms with Gasteiger partial charge in [-0.25, -0.2) is 0 Å².